The molecule has 2 atom stereocenters. The molecule has 0 spiro atoms. The lowest BCUT2D eigenvalue weighted by Crippen LogP contribution is -2.47. The Kier molecular flexibility index (Phi) is 2.40. The summed E-state index contributed by atoms with van der Waals surface area (Å²) in [6, 6.07) is 11.8. The number of anilines is 1. The minimum absolute atomic E-state index is 0.0228. The molecule has 112 valence electrons. The monoisotopic (exact) mass is 295 g/mol. The van der Waals surface area contributed by atoms with Gasteiger partial charge in [0.15, 0.2) is 6.23 Å². The third kappa shape index (κ3) is 1.52. The summed E-state index contributed by atoms with van der Waals surface area (Å²) in [5.74, 6) is 2.24. The number of rotatable bonds is 0. The van der Waals surface area contributed by atoms with Crippen LogP contribution in [-0.4, -0.2) is 24.5 Å². The van der Waals surface area contributed by atoms with E-state index in [1.807, 2.05) is 24.3 Å². The van der Waals surface area contributed by atoms with E-state index >= 15 is 0 Å². The molecule has 0 unspecified atom stereocenters. The van der Waals surface area contributed by atoms with Crippen LogP contribution in [0.3, 0.4) is 0 Å². The van der Waals surface area contributed by atoms with E-state index in [-0.39, 0.29) is 12.1 Å². The van der Waals surface area contributed by atoms with Crippen molar-refractivity contribution in [3.05, 3.63) is 47.5 Å². The van der Waals surface area contributed by atoms with Gasteiger partial charge in [0.1, 0.15) is 17.2 Å². The van der Waals surface area contributed by atoms with E-state index in [0.29, 0.717) is 5.75 Å². The number of fused-ring (bicyclic) bond motifs is 6. The molecule has 2 aromatic rings. The van der Waals surface area contributed by atoms with Gasteiger partial charge in [-0.3, -0.25) is 0 Å². The second kappa shape index (κ2) is 4.32. The van der Waals surface area contributed by atoms with E-state index < -0.39 is 0 Å². The largest absolute Gasteiger partial charge is 0.508 e. The molecule has 5 rings (SSSR count). The van der Waals surface area contributed by atoms with E-state index in [1.165, 1.54) is 5.56 Å². The molecule has 0 saturated heterocycles. The average molecular weight is 295 g/mol. The first-order valence-corrected chi connectivity index (χ1v) is 7.84. The van der Waals surface area contributed by atoms with Gasteiger partial charge in [-0.2, -0.15) is 0 Å². The van der Waals surface area contributed by atoms with Crippen LogP contribution in [0.5, 0.6) is 17.2 Å². The molecule has 0 saturated carbocycles. The average Bonchev–Trinajstić information content (AvgIpc) is 2.76. The number of para-hydroxylation sites is 1. The Balaban J connectivity index is 1.78. The van der Waals surface area contributed by atoms with Crippen molar-refractivity contribution in [1.82, 2.24) is 0 Å². The van der Waals surface area contributed by atoms with Crippen molar-refractivity contribution >= 4 is 5.69 Å². The number of phenolic OH excluding ortho intramolecular Hbond substituents is 1. The van der Waals surface area contributed by atoms with Crippen molar-refractivity contribution in [3.63, 3.8) is 0 Å². The molecule has 0 amide bonds. The standard InChI is InChI=1S/C18H17NO3/c20-13-5-2-6-14-17(13)12-10-16(22-14)19-8-3-9-21-15-7-1-4-11(12)18(15)19/h1-2,4-7,12,16,20H,3,8-10H2/t12-,16+/m1/s1. The Hall–Kier alpha value is -2.36. The topological polar surface area (TPSA) is 41.9 Å². The van der Waals surface area contributed by atoms with Gasteiger partial charge in [0.25, 0.3) is 0 Å². The lowest BCUT2D eigenvalue weighted by molar-refractivity contribution is 0.150. The van der Waals surface area contributed by atoms with Crippen LogP contribution in [0.4, 0.5) is 5.69 Å². The molecule has 2 aromatic carbocycles. The first-order chi connectivity index (χ1) is 10.8. The molecule has 0 fully saturated rings. The highest BCUT2D eigenvalue weighted by atomic mass is 16.5. The quantitative estimate of drug-likeness (QED) is 0.810. The predicted molar refractivity (Wildman–Crippen MR) is 82.9 cm³/mol. The zero-order chi connectivity index (χ0) is 14.7. The van der Waals surface area contributed by atoms with Gasteiger partial charge in [0.05, 0.1) is 12.3 Å². The van der Waals surface area contributed by atoms with Crippen molar-refractivity contribution in [2.24, 2.45) is 0 Å². The first kappa shape index (κ1) is 12.2. The third-order valence-corrected chi connectivity index (χ3v) is 4.93. The second-order valence-electron chi connectivity index (χ2n) is 6.14. The van der Waals surface area contributed by atoms with E-state index in [2.05, 4.69) is 11.0 Å². The van der Waals surface area contributed by atoms with Gasteiger partial charge in [-0.15, -0.1) is 0 Å². The summed E-state index contributed by atoms with van der Waals surface area (Å²) in [6.07, 6.45) is 1.89. The molecule has 4 nitrogen and oxygen atoms in total. The molecule has 22 heavy (non-hydrogen) atoms. The number of aromatic hydroxyl groups is 1. The van der Waals surface area contributed by atoms with Crippen LogP contribution in [-0.2, 0) is 0 Å². The minimum Gasteiger partial charge on any atom is -0.508 e. The van der Waals surface area contributed by atoms with Gasteiger partial charge in [-0.05, 0) is 30.2 Å². The molecule has 1 N–H and O–H groups in total. The highest BCUT2D eigenvalue weighted by Gasteiger charge is 2.42. The molecule has 2 bridgehead atoms. The van der Waals surface area contributed by atoms with Gasteiger partial charge in [-0.25, -0.2) is 0 Å². The second-order valence-corrected chi connectivity index (χ2v) is 6.14. The van der Waals surface area contributed by atoms with E-state index in [1.54, 1.807) is 6.07 Å². The molecule has 4 heteroatoms. The number of nitrogens with zero attached hydrogens (tertiary/aromatic N) is 1. The normalized spacial score (nSPS) is 24.5. The zero-order valence-electron chi connectivity index (χ0n) is 12.2. The van der Waals surface area contributed by atoms with Gasteiger partial charge < -0.3 is 19.5 Å². The minimum atomic E-state index is 0.0228. The summed E-state index contributed by atoms with van der Waals surface area (Å²) in [7, 11) is 0. The Labute approximate surface area is 128 Å². The zero-order valence-corrected chi connectivity index (χ0v) is 12.2. The Bertz CT molecular complexity index is 758. The fourth-order valence-electron chi connectivity index (χ4n) is 4.03. The number of hydrogen-bond acceptors (Lipinski definition) is 4. The summed E-state index contributed by atoms with van der Waals surface area (Å²) in [4.78, 5) is 2.33. The highest BCUT2D eigenvalue weighted by Crippen LogP contribution is 2.54. The molecule has 0 radical (unpaired) electrons. The summed E-state index contributed by atoms with van der Waals surface area (Å²) in [6.45, 7) is 1.68. The molecule has 0 aliphatic carbocycles. The Morgan fingerprint density at radius 2 is 1.95 bits per heavy atom. The van der Waals surface area contributed by atoms with E-state index in [0.717, 1.165) is 48.7 Å². The smallest absolute Gasteiger partial charge is 0.173 e. The van der Waals surface area contributed by atoms with Gasteiger partial charge in [-0.1, -0.05) is 18.2 Å². The Morgan fingerprint density at radius 1 is 1.09 bits per heavy atom. The molecule has 3 heterocycles. The fraction of sp³-hybridized carbons (Fsp3) is 0.333. The SMILES string of the molecule is Oc1cccc2c1[C@@H]1C[C@H](O2)N2CCCOc3cccc1c32. The van der Waals surface area contributed by atoms with Crippen LogP contribution in [0.15, 0.2) is 36.4 Å². The molecular formula is C18H17NO3. The molecular weight excluding hydrogens is 278 g/mol. The fourth-order valence-corrected chi connectivity index (χ4v) is 4.03. The van der Waals surface area contributed by atoms with Crippen LogP contribution in [0.1, 0.15) is 29.9 Å². The van der Waals surface area contributed by atoms with Crippen LogP contribution in [0.2, 0.25) is 0 Å². The van der Waals surface area contributed by atoms with Crippen LogP contribution in [0, 0.1) is 0 Å². The lowest BCUT2D eigenvalue weighted by atomic mass is 9.80. The summed E-state index contributed by atoms with van der Waals surface area (Å²) < 4.78 is 12.1. The summed E-state index contributed by atoms with van der Waals surface area (Å²) in [5, 5.41) is 10.3. The van der Waals surface area contributed by atoms with Crippen LogP contribution < -0.4 is 14.4 Å². The van der Waals surface area contributed by atoms with E-state index in [4.69, 9.17) is 9.47 Å². The number of ether oxygens (including phenoxy) is 2. The molecule has 3 aliphatic rings. The third-order valence-electron chi connectivity index (χ3n) is 4.93. The van der Waals surface area contributed by atoms with Crippen LogP contribution >= 0.6 is 0 Å². The van der Waals surface area contributed by atoms with Gasteiger partial charge in [0.2, 0.25) is 0 Å². The molecule has 0 aromatic heterocycles. The summed E-state index contributed by atoms with van der Waals surface area (Å²) >= 11 is 0. The van der Waals surface area contributed by atoms with Crippen molar-refractivity contribution in [1.29, 1.82) is 0 Å². The van der Waals surface area contributed by atoms with Gasteiger partial charge in [0, 0.05) is 24.4 Å². The van der Waals surface area contributed by atoms with Gasteiger partial charge >= 0.3 is 0 Å². The van der Waals surface area contributed by atoms with Crippen LogP contribution in [0.25, 0.3) is 0 Å². The maximum absolute atomic E-state index is 10.3. The lowest BCUT2D eigenvalue weighted by Gasteiger charge is -2.45. The summed E-state index contributed by atoms with van der Waals surface area (Å²) in [5.41, 5.74) is 3.30. The number of phenols is 1. The highest BCUT2D eigenvalue weighted by molar-refractivity contribution is 5.71. The van der Waals surface area contributed by atoms with E-state index in [9.17, 15) is 5.11 Å². The maximum Gasteiger partial charge on any atom is 0.173 e. The predicted octanol–water partition coefficient (Wildman–Crippen LogP) is 3.24. The van der Waals surface area contributed by atoms with Crippen molar-refractivity contribution < 1.29 is 14.6 Å². The van der Waals surface area contributed by atoms with Crippen molar-refractivity contribution in [2.75, 3.05) is 18.1 Å². The molecule has 3 aliphatic heterocycles. The number of hydrogen-bond donors (Lipinski definition) is 1. The first-order valence-electron chi connectivity index (χ1n) is 7.84. The maximum atomic E-state index is 10.3. The van der Waals surface area contributed by atoms with Crippen molar-refractivity contribution in [3.8, 4) is 17.2 Å². The van der Waals surface area contributed by atoms with Crippen molar-refractivity contribution in [2.45, 2.75) is 25.0 Å². The Morgan fingerprint density at radius 3 is 2.91 bits per heavy atom. The number of benzene rings is 2.